The summed E-state index contributed by atoms with van der Waals surface area (Å²) < 4.78 is 19.5. The van der Waals surface area contributed by atoms with Crippen LogP contribution in [0.15, 0.2) is 42.5 Å². The summed E-state index contributed by atoms with van der Waals surface area (Å²) in [5, 5.41) is 4.93. The molecule has 0 saturated heterocycles. The molecule has 2 aromatic carbocycles. The Hall–Kier alpha value is -3.75. The van der Waals surface area contributed by atoms with Gasteiger partial charge in [-0.05, 0) is 57.0 Å². The first kappa shape index (κ1) is 22.9. The number of imide groups is 1. The molecule has 3 rings (SSSR count). The third-order valence-corrected chi connectivity index (χ3v) is 4.73. The number of carbonyl (C=O) groups excluding carboxylic acids is 4. The van der Waals surface area contributed by atoms with Crippen molar-refractivity contribution in [2.45, 2.75) is 38.8 Å². The summed E-state index contributed by atoms with van der Waals surface area (Å²) >= 11 is 0. The number of fused-ring (bicyclic) bond motifs is 1. The van der Waals surface area contributed by atoms with E-state index in [0.717, 1.165) is 4.90 Å². The van der Waals surface area contributed by atoms with E-state index in [2.05, 4.69) is 10.6 Å². The fourth-order valence-corrected chi connectivity index (χ4v) is 3.41. The van der Waals surface area contributed by atoms with Crippen molar-refractivity contribution < 1.29 is 28.3 Å². The van der Waals surface area contributed by atoms with E-state index in [9.17, 15) is 23.6 Å². The Labute approximate surface area is 184 Å². The van der Waals surface area contributed by atoms with Crippen LogP contribution < -0.4 is 10.6 Å². The lowest BCUT2D eigenvalue weighted by atomic mass is 10.0. The Morgan fingerprint density at radius 2 is 1.75 bits per heavy atom. The number of hydrogen-bond donors (Lipinski definition) is 2. The Morgan fingerprint density at radius 1 is 1.12 bits per heavy atom. The summed E-state index contributed by atoms with van der Waals surface area (Å²) in [4.78, 5) is 49.5. The van der Waals surface area contributed by atoms with Crippen LogP contribution in [0.5, 0.6) is 0 Å². The molecule has 8 nitrogen and oxygen atoms in total. The molecule has 1 heterocycles. The van der Waals surface area contributed by atoms with Gasteiger partial charge in [0.15, 0.2) is 0 Å². The number of ether oxygens (including phenoxy) is 1. The highest BCUT2D eigenvalue weighted by atomic mass is 19.1. The summed E-state index contributed by atoms with van der Waals surface area (Å²) in [6.45, 7) is 5.00. The average molecular weight is 441 g/mol. The monoisotopic (exact) mass is 441 g/mol. The number of hydrogen-bond acceptors (Lipinski definition) is 5. The summed E-state index contributed by atoms with van der Waals surface area (Å²) in [5.41, 5.74) is 0.350. The molecule has 2 aromatic rings. The number of anilines is 1. The lowest BCUT2D eigenvalue weighted by molar-refractivity contribution is -0.105. The van der Waals surface area contributed by atoms with Crippen molar-refractivity contribution in [2.75, 3.05) is 11.9 Å². The van der Waals surface area contributed by atoms with Crippen molar-refractivity contribution in [3.05, 3.63) is 65.0 Å². The highest BCUT2D eigenvalue weighted by Gasteiger charge is 2.37. The predicted octanol–water partition coefficient (Wildman–Crippen LogP) is 3.13. The molecule has 0 bridgehead atoms. The molecule has 1 atom stereocenters. The normalized spacial score (nSPS) is 14.1. The molecule has 1 aliphatic heterocycles. The number of nitrogens with one attached hydrogen (secondary N) is 2. The summed E-state index contributed by atoms with van der Waals surface area (Å²) in [6, 6.07) is 9.94. The van der Waals surface area contributed by atoms with Crippen molar-refractivity contribution in [2.24, 2.45) is 0 Å². The number of amides is 4. The van der Waals surface area contributed by atoms with Crippen LogP contribution in [0, 0.1) is 5.82 Å². The van der Waals surface area contributed by atoms with Gasteiger partial charge in [0.05, 0.1) is 29.4 Å². The third kappa shape index (κ3) is 5.29. The van der Waals surface area contributed by atoms with E-state index in [4.69, 9.17) is 4.74 Å². The van der Waals surface area contributed by atoms with Crippen molar-refractivity contribution in [3.63, 3.8) is 0 Å². The van der Waals surface area contributed by atoms with E-state index in [1.165, 1.54) is 12.1 Å². The highest BCUT2D eigenvalue weighted by molar-refractivity contribution is 6.21. The molecule has 2 N–H and O–H groups in total. The smallest absolute Gasteiger partial charge is 0.407 e. The number of carbonyl (C=O) groups is 4. The van der Waals surface area contributed by atoms with E-state index < -0.39 is 35.4 Å². The van der Waals surface area contributed by atoms with E-state index in [1.807, 2.05) is 0 Å². The maximum absolute atomic E-state index is 14.2. The zero-order valence-corrected chi connectivity index (χ0v) is 18.0. The summed E-state index contributed by atoms with van der Waals surface area (Å²) in [5.74, 6) is -1.57. The molecule has 0 radical (unpaired) electrons. The largest absolute Gasteiger partial charge is 0.444 e. The molecule has 0 fully saturated rings. The first-order valence-electron chi connectivity index (χ1n) is 10.0. The molecular weight excluding hydrogens is 417 g/mol. The van der Waals surface area contributed by atoms with Crippen LogP contribution in [0.1, 0.15) is 47.1 Å². The van der Waals surface area contributed by atoms with Gasteiger partial charge in [0.25, 0.3) is 11.8 Å². The number of halogens is 1. The van der Waals surface area contributed by atoms with Gasteiger partial charge in [-0.3, -0.25) is 19.3 Å². The van der Waals surface area contributed by atoms with Gasteiger partial charge in [-0.1, -0.05) is 18.2 Å². The number of benzene rings is 2. The Kier molecular flexibility index (Phi) is 6.57. The van der Waals surface area contributed by atoms with Gasteiger partial charge in [-0.15, -0.1) is 0 Å². The SMILES string of the molecule is CC(C)(C)OC(=O)N[C@@H](Cc1ccc(NC=O)c(F)c1)CN1C(=O)c2ccccc2C1=O. The van der Waals surface area contributed by atoms with Crippen molar-refractivity contribution in [3.8, 4) is 0 Å². The minimum absolute atomic E-state index is 0.0146. The molecular formula is C23H24FN3O5. The summed E-state index contributed by atoms with van der Waals surface area (Å²) in [7, 11) is 0. The van der Waals surface area contributed by atoms with Gasteiger partial charge in [0.1, 0.15) is 11.4 Å². The van der Waals surface area contributed by atoms with Gasteiger partial charge in [0.2, 0.25) is 6.41 Å². The van der Waals surface area contributed by atoms with E-state index in [0.29, 0.717) is 23.1 Å². The van der Waals surface area contributed by atoms with Gasteiger partial charge in [0, 0.05) is 0 Å². The second-order valence-electron chi connectivity index (χ2n) is 8.39. The van der Waals surface area contributed by atoms with Crippen LogP contribution in [0.2, 0.25) is 0 Å². The number of alkyl carbamates (subject to hydrolysis) is 1. The molecule has 9 heteroatoms. The lowest BCUT2D eigenvalue weighted by Crippen LogP contribution is -2.48. The Morgan fingerprint density at radius 3 is 2.28 bits per heavy atom. The topological polar surface area (TPSA) is 105 Å². The lowest BCUT2D eigenvalue weighted by Gasteiger charge is -2.26. The van der Waals surface area contributed by atoms with Crippen LogP contribution in [0.4, 0.5) is 14.9 Å². The molecule has 4 amide bonds. The third-order valence-electron chi connectivity index (χ3n) is 4.73. The molecule has 1 aliphatic rings. The Bertz CT molecular complexity index is 1030. The molecule has 0 unspecified atom stereocenters. The average Bonchev–Trinajstić information content (AvgIpc) is 2.94. The molecule has 32 heavy (non-hydrogen) atoms. The second-order valence-corrected chi connectivity index (χ2v) is 8.39. The first-order chi connectivity index (χ1) is 15.1. The van der Waals surface area contributed by atoms with E-state index >= 15 is 0 Å². The van der Waals surface area contributed by atoms with Gasteiger partial charge in [-0.2, -0.15) is 0 Å². The van der Waals surface area contributed by atoms with Crippen LogP contribution in [-0.2, 0) is 16.0 Å². The number of nitrogens with zero attached hydrogens (tertiary/aromatic N) is 1. The van der Waals surface area contributed by atoms with E-state index in [1.54, 1.807) is 51.1 Å². The maximum Gasteiger partial charge on any atom is 0.407 e. The first-order valence-corrected chi connectivity index (χ1v) is 10.0. The fourth-order valence-electron chi connectivity index (χ4n) is 3.41. The minimum atomic E-state index is -0.752. The highest BCUT2D eigenvalue weighted by Crippen LogP contribution is 2.23. The maximum atomic E-state index is 14.2. The summed E-state index contributed by atoms with van der Waals surface area (Å²) in [6.07, 6.45) is -0.239. The van der Waals surface area contributed by atoms with Gasteiger partial charge < -0.3 is 15.4 Å². The molecule has 168 valence electrons. The molecule has 0 aromatic heterocycles. The zero-order valence-electron chi connectivity index (χ0n) is 18.0. The van der Waals surface area contributed by atoms with Crippen molar-refractivity contribution in [1.82, 2.24) is 10.2 Å². The van der Waals surface area contributed by atoms with Crippen LogP contribution in [0.25, 0.3) is 0 Å². The van der Waals surface area contributed by atoms with E-state index in [-0.39, 0.29) is 18.7 Å². The standard InChI is InChI=1S/C23H24FN3O5/c1-23(2,3)32-22(31)26-15(10-14-8-9-19(25-13-28)18(24)11-14)12-27-20(29)16-6-4-5-7-17(16)21(27)30/h4-9,11,13,15H,10,12H2,1-3H3,(H,25,28)(H,26,31)/t15-/m0/s1. The van der Waals surface area contributed by atoms with Crippen molar-refractivity contribution >= 4 is 30.0 Å². The van der Waals surface area contributed by atoms with Gasteiger partial charge in [-0.25, -0.2) is 9.18 Å². The predicted molar refractivity (Wildman–Crippen MR) is 115 cm³/mol. The van der Waals surface area contributed by atoms with Gasteiger partial charge >= 0.3 is 6.09 Å². The molecule has 0 aliphatic carbocycles. The van der Waals surface area contributed by atoms with Crippen LogP contribution in [0.3, 0.4) is 0 Å². The van der Waals surface area contributed by atoms with Crippen LogP contribution in [-0.4, -0.2) is 47.4 Å². The number of rotatable bonds is 7. The molecule has 0 spiro atoms. The minimum Gasteiger partial charge on any atom is -0.444 e. The molecule has 0 saturated carbocycles. The van der Waals surface area contributed by atoms with Crippen LogP contribution >= 0.6 is 0 Å². The zero-order chi connectivity index (χ0) is 23.5. The second kappa shape index (κ2) is 9.17. The fraction of sp³-hybridized carbons (Fsp3) is 0.304. The quantitative estimate of drug-likeness (QED) is 0.507. The Balaban J connectivity index is 1.82. The van der Waals surface area contributed by atoms with Crippen molar-refractivity contribution in [1.29, 1.82) is 0 Å².